The van der Waals surface area contributed by atoms with Crippen molar-refractivity contribution in [2.75, 3.05) is 19.0 Å². The number of aromatic nitrogens is 5. The molecule has 0 aliphatic heterocycles. The lowest BCUT2D eigenvalue weighted by Gasteiger charge is -2.19. The molecule has 0 spiro atoms. The molecule has 4 aromatic rings. The van der Waals surface area contributed by atoms with Crippen LogP contribution >= 0.6 is 0 Å². The number of nitrogens with zero attached hydrogens (tertiary/aromatic N) is 4. The van der Waals surface area contributed by atoms with Crippen LogP contribution in [0.3, 0.4) is 0 Å². The summed E-state index contributed by atoms with van der Waals surface area (Å²) in [6.45, 7) is 2.69. The maximum Gasteiger partial charge on any atom is 0.162 e. The summed E-state index contributed by atoms with van der Waals surface area (Å²) < 4.78 is 18.8. The number of fused-ring (bicyclic) bond motifs is 2. The Morgan fingerprint density at radius 3 is 2.96 bits per heavy atom. The second kappa shape index (κ2) is 7.85. The Morgan fingerprint density at radius 1 is 1.21 bits per heavy atom. The fourth-order valence-corrected chi connectivity index (χ4v) is 3.31. The van der Waals surface area contributed by atoms with Crippen LogP contribution in [0.1, 0.15) is 30.6 Å². The molecule has 2 N–H and O–H groups in total. The molecule has 0 saturated heterocycles. The highest BCUT2D eigenvalue weighted by molar-refractivity contribution is 5.83. The third-order valence-corrected chi connectivity index (χ3v) is 4.69. The van der Waals surface area contributed by atoms with Gasteiger partial charge in [-0.1, -0.05) is 0 Å². The van der Waals surface area contributed by atoms with Crippen molar-refractivity contribution in [3.05, 3.63) is 54.0 Å². The van der Waals surface area contributed by atoms with Gasteiger partial charge in [0.1, 0.15) is 17.7 Å². The number of H-pyrrole nitrogens is 1. The molecule has 3 heterocycles. The lowest BCUT2D eigenvalue weighted by molar-refractivity contribution is 0.195. The Balaban J connectivity index is 1.71. The first-order chi connectivity index (χ1) is 13.7. The maximum atomic E-state index is 13.6. The normalized spacial score (nSPS) is 12.5. The number of anilines is 1. The predicted molar refractivity (Wildman–Crippen MR) is 106 cm³/mol. The van der Waals surface area contributed by atoms with Gasteiger partial charge in [0, 0.05) is 30.9 Å². The van der Waals surface area contributed by atoms with Gasteiger partial charge in [-0.25, -0.2) is 19.3 Å². The van der Waals surface area contributed by atoms with Gasteiger partial charge in [-0.3, -0.25) is 4.98 Å². The van der Waals surface area contributed by atoms with Crippen molar-refractivity contribution < 1.29 is 9.13 Å². The number of rotatable bonds is 7. The molecule has 28 heavy (non-hydrogen) atoms. The minimum Gasteiger partial charge on any atom is -0.385 e. The van der Waals surface area contributed by atoms with E-state index in [4.69, 9.17) is 9.72 Å². The second-order valence-electron chi connectivity index (χ2n) is 6.65. The van der Waals surface area contributed by atoms with Crippen LogP contribution in [0.15, 0.2) is 36.9 Å². The first-order valence-corrected chi connectivity index (χ1v) is 9.14. The SMILES string of the molecule is COCCCc1nc2cc(F)ccc2cc1[C@H](C)Nc1ncnc2[nH]cnc12. The molecule has 3 aromatic heterocycles. The summed E-state index contributed by atoms with van der Waals surface area (Å²) in [6, 6.07) is 6.66. The number of pyridine rings is 1. The molecular weight excluding hydrogens is 359 g/mol. The Kier molecular flexibility index (Phi) is 5.12. The number of benzene rings is 1. The van der Waals surface area contributed by atoms with E-state index in [-0.39, 0.29) is 11.9 Å². The van der Waals surface area contributed by atoms with Gasteiger partial charge >= 0.3 is 0 Å². The molecule has 0 fully saturated rings. The third-order valence-electron chi connectivity index (χ3n) is 4.69. The first kappa shape index (κ1) is 18.2. The van der Waals surface area contributed by atoms with Gasteiger partial charge in [0.2, 0.25) is 0 Å². The Labute approximate surface area is 161 Å². The highest BCUT2D eigenvalue weighted by Gasteiger charge is 2.16. The number of hydrogen-bond donors (Lipinski definition) is 2. The third kappa shape index (κ3) is 3.63. The van der Waals surface area contributed by atoms with Gasteiger partial charge < -0.3 is 15.0 Å². The lowest BCUT2D eigenvalue weighted by atomic mass is 10.0. The first-order valence-electron chi connectivity index (χ1n) is 9.14. The van der Waals surface area contributed by atoms with Crippen LogP contribution in [-0.2, 0) is 11.2 Å². The largest absolute Gasteiger partial charge is 0.385 e. The van der Waals surface area contributed by atoms with Crippen molar-refractivity contribution in [2.45, 2.75) is 25.8 Å². The molecule has 1 aromatic carbocycles. The fourth-order valence-electron chi connectivity index (χ4n) is 3.31. The number of aryl methyl sites for hydroxylation is 1. The molecule has 0 unspecified atom stereocenters. The zero-order valence-electron chi connectivity index (χ0n) is 15.7. The minimum atomic E-state index is -0.288. The van der Waals surface area contributed by atoms with Crippen LogP contribution in [0.5, 0.6) is 0 Å². The van der Waals surface area contributed by atoms with E-state index < -0.39 is 0 Å². The van der Waals surface area contributed by atoms with Crippen LogP contribution in [0.2, 0.25) is 0 Å². The topological polar surface area (TPSA) is 88.6 Å². The minimum absolute atomic E-state index is 0.0747. The van der Waals surface area contributed by atoms with Crippen LogP contribution in [-0.4, -0.2) is 38.6 Å². The van der Waals surface area contributed by atoms with E-state index in [1.165, 1.54) is 18.5 Å². The summed E-state index contributed by atoms with van der Waals surface area (Å²) in [6.07, 6.45) is 4.67. The Hall–Kier alpha value is -3.13. The number of halogens is 1. The Bertz CT molecular complexity index is 1110. The van der Waals surface area contributed by atoms with Crippen LogP contribution in [0.25, 0.3) is 22.1 Å². The summed E-state index contributed by atoms with van der Waals surface area (Å²) >= 11 is 0. The van der Waals surface area contributed by atoms with Gasteiger partial charge in [0.25, 0.3) is 0 Å². The van der Waals surface area contributed by atoms with Crippen molar-refractivity contribution in [3.63, 3.8) is 0 Å². The van der Waals surface area contributed by atoms with Gasteiger partial charge in [-0.05, 0) is 43.5 Å². The lowest BCUT2D eigenvalue weighted by Crippen LogP contribution is -2.13. The number of hydrogen-bond acceptors (Lipinski definition) is 6. The summed E-state index contributed by atoms with van der Waals surface area (Å²) in [4.78, 5) is 20.5. The predicted octanol–water partition coefficient (Wildman–Crippen LogP) is 3.79. The molecule has 1 atom stereocenters. The smallest absolute Gasteiger partial charge is 0.162 e. The number of methoxy groups -OCH3 is 1. The zero-order chi connectivity index (χ0) is 19.5. The van der Waals surface area contributed by atoms with Crippen LogP contribution < -0.4 is 5.32 Å². The molecule has 0 radical (unpaired) electrons. The van der Waals surface area contributed by atoms with Gasteiger partial charge in [-0.2, -0.15) is 0 Å². The van der Waals surface area contributed by atoms with Crippen LogP contribution in [0.4, 0.5) is 10.2 Å². The van der Waals surface area contributed by atoms with E-state index in [1.54, 1.807) is 19.5 Å². The zero-order valence-corrected chi connectivity index (χ0v) is 15.7. The molecule has 0 bridgehead atoms. The van der Waals surface area contributed by atoms with E-state index in [1.807, 2.05) is 6.92 Å². The molecule has 0 saturated carbocycles. The van der Waals surface area contributed by atoms with E-state index in [2.05, 4.69) is 31.3 Å². The standard InChI is InChI=1S/C20H21FN6O/c1-12(26-20-18-19(23-10-22-18)24-11-25-20)15-8-13-5-6-14(21)9-17(13)27-16(15)4-3-7-28-2/h5-6,8-12H,3-4,7H2,1-2H3,(H2,22,23,24,25,26)/t12-/m0/s1. The average molecular weight is 380 g/mol. The molecule has 144 valence electrons. The number of ether oxygens (including phenoxy) is 1. The van der Waals surface area contributed by atoms with Crippen molar-refractivity contribution in [3.8, 4) is 0 Å². The van der Waals surface area contributed by atoms with E-state index in [9.17, 15) is 4.39 Å². The summed E-state index contributed by atoms with van der Waals surface area (Å²) in [5, 5.41) is 4.31. The van der Waals surface area contributed by atoms with Gasteiger partial charge in [0.15, 0.2) is 11.5 Å². The molecule has 4 rings (SSSR count). The molecule has 0 amide bonds. The number of aromatic amines is 1. The fraction of sp³-hybridized carbons (Fsp3) is 0.300. The Morgan fingerprint density at radius 2 is 2.11 bits per heavy atom. The summed E-state index contributed by atoms with van der Waals surface area (Å²) in [5.41, 5.74) is 3.98. The molecule has 7 nitrogen and oxygen atoms in total. The molecule has 8 heteroatoms. The molecule has 0 aliphatic rings. The second-order valence-corrected chi connectivity index (χ2v) is 6.65. The highest BCUT2D eigenvalue weighted by Crippen LogP contribution is 2.27. The van der Waals surface area contributed by atoms with E-state index in [0.29, 0.717) is 29.1 Å². The van der Waals surface area contributed by atoms with E-state index >= 15 is 0 Å². The monoisotopic (exact) mass is 380 g/mol. The van der Waals surface area contributed by atoms with Gasteiger partial charge in [-0.15, -0.1) is 0 Å². The molecule has 0 aliphatic carbocycles. The summed E-state index contributed by atoms with van der Waals surface area (Å²) in [5.74, 6) is 0.365. The van der Waals surface area contributed by atoms with Crippen molar-refractivity contribution in [1.82, 2.24) is 24.9 Å². The molecular formula is C20H21FN6O. The van der Waals surface area contributed by atoms with Crippen molar-refractivity contribution in [1.29, 1.82) is 0 Å². The number of nitrogens with one attached hydrogen (secondary N) is 2. The highest BCUT2D eigenvalue weighted by atomic mass is 19.1. The van der Waals surface area contributed by atoms with Gasteiger partial charge in [0.05, 0.1) is 17.9 Å². The van der Waals surface area contributed by atoms with Crippen LogP contribution in [0, 0.1) is 5.82 Å². The van der Waals surface area contributed by atoms with Crippen molar-refractivity contribution in [2.24, 2.45) is 0 Å². The quantitative estimate of drug-likeness (QED) is 0.474. The average Bonchev–Trinajstić information content (AvgIpc) is 3.17. The van der Waals surface area contributed by atoms with Crippen molar-refractivity contribution >= 4 is 27.9 Å². The summed E-state index contributed by atoms with van der Waals surface area (Å²) in [7, 11) is 1.68. The van der Waals surface area contributed by atoms with E-state index in [0.717, 1.165) is 29.5 Å². The number of imidazole rings is 1. The maximum absolute atomic E-state index is 13.6.